The van der Waals surface area contributed by atoms with Gasteiger partial charge in [-0.15, -0.1) is 0 Å². The molecule has 0 heterocycles. The van der Waals surface area contributed by atoms with Crippen molar-refractivity contribution < 1.29 is 18.9 Å². The van der Waals surface area contributed by atoms with Crippen molar-refractivity contribution in [1.29, 1.82) is 0 Å². The average molecular weight is 533 g/mol. The summed E-state index contributed by atoms with van der Waals surface area (Å²) < 4.78 is 24.8. The molecule has 6 heteroatoms. The van der Waals surface area contributed by atoms with Crippen LogP contribution in [0.25, 0.3) is 0 Å². The van der Waals surface area contributed by atoms with Crippen LogP contribution in [0.4, 0.5) is 11.4 Å². The van der Waals surface area contributed by atoms with Crippen molar-refractivity contribution in [3.63, 3.8) is 0 Å². The molecule has 1 unspecified atom stereocenters. The summed E-state index contributed by atoms with van der Waals surface area (Å²) in [6.45, 7) is 4.30. The normalized spacial score (nSPS) is 11.4. The van der Waals surface area contributed by atoms with Gasteiger partial charge in [-0.3, -0.25) is 0 Å². The Balaban J connectivity index is 1.40. The zero-order valence-corrected chi connectivity index (χ0v) is 22.5. The van der Waals surface area contributed by atoms with E-state index < -0.39 is 0 Å². The van der Waals surface area contributed by atoms with Crippen molar-refractivity contribution in [2.45, 2.75) is 26.2 Å². The molecule has 0 spiro atoms. The number of benzene rings is 5. The van der Waals surface area contributed by atoms with Gasteiger partial charge in [0.15, 0.2) is 0 Å². The van der Waals surface area contributed by atoms with Crippen LogP contribution in [0.3, 0.4) is 0 Å². The lowest BCUT2D eigenvalue weighted by molar-refractivity contribution is 0.433. The maximum Gasteiger partial charge on any atom is 0.150 e. The fourth-order valence-electron chi connectivity index (χ4n) is 4.25. The van der Waals surface area contributed by atoms with E-state index in [1.54, 1.807) is 12.1 Å². The van der Waals surface area contributed by atoms with Crippen LogP contribution in [0.15, 0.2) is 115 Å². The number of nitrogens with two attached hydrogens (primary N) is 2. The van der Waals surface area contributed by atoms with E-state index >= 15 is 0 Å². The summed E-state index contributed by atoms with van der Waals surface area (Å²) in [7, 11) is 0. The van der Waals surface area contributed by atoms with Gasteiger partial charge in [-0.2, -0.15) is 0 Å². The van der Waals surface area contributed by atoms with Crippen LogP contribution in [0.5, 0.6) is 46.0 Å². The number of rotatable bonds is 10. The molecule has 40 heavy (non-hydrogen) atoms. The third kappa shape index (κ3) is 6.30. The van der Waals surface area contributed by atoms with Gasteiger partial charge >= 0.3 is 0 Å². The topological polar surface area (TPSA) is 89.0 Å². The van der Waals surface area contributed by atoms with Crippen LogP contribution >= 0.6 is 0 Å². The zero-order chi connectivity index (χ0) is 27.9. The Morgan fingerprint density at radius 1 is 0.500 bits per heavy atom. The monoisotopic (exact) mass is 532 g/mol. The van der Waals surface area contributed by atoms with E-state index in [0.29, 0.717) is 57.4 Å². The molecule has 1 atom stereocenters. The summed E-state index contributed by atoms with van der Waals surface area (Å²) in [5, 5.41) is 0. The van der Waals surface area contributed by atoms with Crippen LogP contribution in [0.1, 0.15) is 31.7 Å². The van der Waals surface area contributed by atoms with Gasteiger partial charge in [0.1, 0.15) is 46.0 Å². The Labute approximate surface area is 234 Å². The molecule has 0 saturated carbocycles. The van der Waals surface area contributed by atoms with Crippen molar-refractivity contribution in [3.05, 3.63) is 121 Å². The lowest BCUT2D eigenvalue weighted by atomic mass is 9.96. The van der Waals surface area contributed by atoms with Crippen molar-refractivity contribution in [2.24, 2.45) is 0 Å². The fraction of sp³-hybridized carbons (Fsp3) is 0.118. The maximum atomic E-state index is 6.41. The SMILES string of the molecule is CCC(C)c1c(Oc2cccc(Oc3ccccc3N)c2)cccc1Oc1cccc(Oc2ccccc2N)c1. The van der Waals surface area contributed by atoms with E-state index in [1.807, 2.05) is 103 Å². The van der Waals surface area contributed by atoms with Crippen molar-refractivity contribution >= 4 is 11.4 Å². The number of nitrogen functional groups attached to an aromatic ring is 2. The Morgan fingerprint density at radius 3 is 1.25 bits per heavy atom. The Morgan fingerprint density at radius 2 is 0.850 bits per heavy atom. The highest BCUT2D eigenvalue weighted by atomic mass is 16.5. The molecule has 202 valence electrons. The third-order valence-electron chi connectivity index (χ3n) is 6.49. The van der Waals surface area contributed by atoms with Crippen molar-refractivity contribution in [1.82, 2.24) is 0 Å². The van der Waals surface area contributed by atoms with Gasteiger partial charge in [0.05, 0.1) is 11.4 Å². The van der Waals surface area contributed by atoms with Gasteiger partial charge < -0.3 is 30.4 Å². The zero-order valence-electron chi connectivity index (χ0n) is 22.5. The molecule has 0 bridgehead atoms. The second kappa shape index (κ2) is 12.2. The molecule has 0 aromatic heterocycles. The van der Waals surface area contributed by atoms with Gasteiger partial charge in [-0.1, -0.05) is 56.3 Å². The molecular weight excluding hydrogens is 500 g/mol. The molecule has 0 saturated heterocycles. The molecule has 0 amide bonds. The highest BCUT2D eigenvalue weighted by Crippen LogP contribution is 2.42. The Bertz CT molecular complexity index is 1490. The van der Waals surface area contributed by atoms with Crippen molar-refractivity contribution in [2.75, 3.05) is 11.5 Å². The second-order valence-electron chi connectivity index (χ2n) is 9.41. The van der Waals surface area contributed by atoms with E-state index in [0.717, 1.165) is 12.0 Å². The Hall–Kier alpha value is -5.10. The smallest absolute Gasteiger partial charge is 0.150 e. The van der Waals surface area contributed by atoms with E-state index in [1.165, 1.54) is 0 Å². The first kappa shape index (κ1) is 26.5. The van der Waals surface area contributed by atoms with Gasteiger partial charge in [-0.25, -0.2) is 0 Å². The second-order valence-corrected chi connectivity index (χ2v) is 9.41. The standard InChI is InChI=1S/C34H32N2O4/c1-3-23(2)34-32(39-26-13-8-11-24(21-26)37-30-17-6-4-15-28(30)35)19-10-20-33(34)40-27-14-9-12-25(22-27)38-31-18-7-5-16-29(31)36/h4-23H,3,35-36H2,1-2H3. The van der Waals surface area contributed by atoms with Gasteiger partial charge in [0.25, 0.3) is 0 Å². The van der Waals surface area contributed by atoms with Crippen molar-refractivity contribution in [3.8, 4) is 46.0 Å². The average Bonchev–Trinajstić information content (AvgIpc) is 2.96. The van der Waals surface area contributed by atoms with Crippen LogP contribution in [0.2, 0.25) is 0 Å². The highest BCUT2D eigenvalue weighted by molar-refractivity contribution is 5.56. The molecule has 0 aliphatic heterocycles. The van der Waals surface area contributed by atoms with E-state index in [4.69, 9.17) is 30.4 Å². The van der Waals surface area contributed by atoms with Crippen LogP contribution < -0.4 is 30.4 Å². The summed E-state index contributed by atoms with van der Waals surface area (Å²) in [5.74, 6) is 5.34. The molecule has 4 N–H and O–H groups in total. The van der Waals surface area contributed by atoms with E-state index in [9.17, 15) is 0 Å². The predicted molar refractivity (Wildman–Crippen MR) is 160 cm³/mol. The summed E-state index contributed by atoms with van der Waals surface area (Å²) in [4.78, 5) is 0. The first-order valence-corrected chi connectivity index (χ1v) is 13.2. The summed E-state index contributed by atoms with van der Waals surface area (Å²) in [6.07, 6.45) is 0.906. The first-order valence-electron chi connectivity index (χ1n) is 13.2. The Kier molecular flexibility index (Phi) is 8.07. The maximum absolute atomic E-state index is 6.41. The van der Waals surface area contributed by atoms with Gasteiger partial charge in [0, 0.05) is 17.7 Å². The molecule has 0 aliphatic carbocycles. The van der Waals surface area contributed by atoms with Crippen LogP contribution in [0, 0.1) is 0 Å². The number of para-hydroxylation sites is 4. The number of ether oxygens (including phenoxy) is 4. The molecule has 5 aromatic rings. The molecule has 5 rings (SSSR count). The summed E-state index contributed by atoms with van der Waals surface area (Å²) in [6, 6.07) is 35.6. The minimum absolute atomic E-state index is 0.179. The largest absolute Gasteiger partial charge is 0.457 e. The molecule has 5 aromatic carbocycles. The summed E-state index contributed by atoms with van der Waals surface area (Å²) in [5.41, 5.74) is 14.2. The van der Waals surface area contributed by atoms with Gasteiger partial charge in [-0.05, 0) is 73.0 Å². The van der Waals surface area contributed by atoms with Crippen LogP contribution in [-0.2, 0) is 0 Å². The highest BCUT2D eigenvalue weighted by Gasteiger charge is 2.18. The minimum Gasteiger partial charge on any atom is -0.457 e. The quantitative estimate of drug-likeness (QED) is 0.174. The van der Waals surface area contributed by atoms with Gasteiger partial charge in [0.2, 0.25) is 0 Å². The lowest BCUT2D eigenvalue weighted by Gasteiger charge is -2.20. The fourth-order valence-corrected chi connectivity index (χ4v) is 4.25. The number of hydrogen-bond acceptors (Lipinski definition) is 6. The molecule has 0 fully saturated rings. The number of anilines is 2. The minimum atomic E-state index is 0.179. The third-order valence-corrected chi connectivity index (χ3v) is 6.49. The molecule has 6 nitrogen and oxygen atoms in total. The lowest BCUT2D eigenvalue weighted by Crippen LogP contribution is -2.00. The predicted octanol–water partition coefficient (Wildman–Crippen LogP) is 9.53. The van der Waals surface area contributed by atoms with E-state index in [2.05, 4.69) is 13.8 Å². The van der Waals surface area contributed by atoms with E-state index in [-0.39, 0.29) is 5.92 Å². The summed E-state index contributed by atoms with van der Waals surface area (Å²) >= 11 is 0. The first-order chi connectivity index (χ1) is 19.5. The number of hydrogen-bond donors (Lipinski definition) is 2. The molecule has 0 radical (unpaired) electrons. The van der Waals surface area contributed by atoms with Crippen LogP contribution in [-0.4, -0.2) is 0 Å². The molecular formula is C34H32N2O4. The molecule has 0 aliphatic rings.